The third-order valence-electron chi connectivity index (χ3n) is 2.70. The second kappa shape index (κ2) is 6.38. The van der Waals surface area contributed by atoms with Crippen LogP contribution in [0.2, 0.25) is 0 Å². The predicted molar refractivity (Wildman–Crippen MR) is 62.0 cm³/mol. The number of halogens is 3. The Morgan fingerprint density at radius 1 is 1.39 bits per heavy atom. The van der Waals surface area contributed by atoms with Crippen molar-refractivity contribution in [2.24, 2.45) is 5.73 Å². The largest absolute Gasteiger partial charge is 0.414 e. The van der Waals surface area contributed by atoms with Gasteiger partial charge in [-0.1, -0.05) is 6.92 Å². The average molecular weight is 270 g/mol. The molecule has 0 aromatic rings. The number of rotatable bonds is 7. The summed E-state index contributed by atoms with van der Waals surface area (Å²) in [5.41, 5.74) is 4.17. The number of likely N-dealkylation sites (N-methyl/N-ethyl adjacent to an activating group) is 1. The Hall–Kier alpha value is -0.820. The van der Waals surface area contributed by atoms with E-state index in [0.717, 1.165) is 6.92 Å². The van der Waals surface area contributed by atoms with Crippen LogP contribution in [0.1, 0.15) is 34.1 Å². The van der Waals surface area contributed by atoms with Crippen LogP contribution in [0.3, 0.4) is 0 Å². The standard InChI is InChI=1S/C11H21F3N2O2/c1-5-16-10(4,9(15)17)6-7(2)18-8(3)11(12,13)14/h7-8,16H,5-6H2,1-4H3,(H2,15,17). The highest BCUT2D eigenvalue weighted by atomic mass is 19.4. The zero-order valence-corrected chi connectivity index (χ0v) is 11.1. The fourth-order valence-electron chi connectivity index (χ4n) is 1.70. The fourth-order valence-corrected chi connectivity index (χ4v) is 1.70. The van der Waals surface area contributed by atoms with Crippen molar-refractivity contribution < 1.29 is 22.7 Å². The summed E-state index contributed by atoms with van der Waals surface area (Å²) >= 11 is 0. The molecule has 108 valence electrons. The number of ether oxygens (including phenoxy) is 1. The van der Waals surface area contributed by atoms with Crippen molar-refractivity contribution in [1.29, 1.82) is 0 Å². The molecule has 4 nitrogen and oxygen atoms in total. The normalized spacial score (nSPS) is 19.1. The molecule has 0 heterocycles. The van der Waals surface area contributed by atoms with Gasteiger partial charge in [-0.05, 0) is 27.3 Å². The van der Waals surface area contributed by atoms with E-state index in [0.29, 0.717) is 6.54 Å². The Kier molecular flexibility index (Phi) is 6.09. The van der Waals surface area contributed by atoms with Gasteiger partial charge in [0.05, 0.1) is 11.6 Å². The van der Waals surface area contributed by atoms with Gasteiger partial charge in [-0.2, -0.15) is 13.2 Å². The average Bonchev–Trinajstić information content (AvgIpc) is 2.15. The third-order valence-corrected chi connectivity index (χ3v) is 2.70. The number of nitrogens with one attached hydrogen (secondary N) is 1. The zero-order chi connectivity index (χ0) is 14.6. The van der Waals surface area contributed by atoms with Gasteiger partial charge in [0, 0.05) is 6.42 Å². The fraction of sp³-hybridized carbons (Fsp3) is 0.909. The molecule has 0 saturated carbocycles. The molecule has 0 saturated heterocycles. The van der Waals surface area contributed by atoms with E-state index in [2.05, 4.69) is 5.32 Å². The maximum Gasteiger partial charge on any atom is 0.414 e. The third kappa shape index (κ3) is 5.22. The molecular weight excluding hydrogens is 249 g/mol. The number of carbonyl (C=O) groups is 1. The molecule has 0 fully saturated rings. The zero-order valence-electron chi connectivity index (χ0n) is 11.1. The molecule has 7 heteroatoms. The number of alkyl halides is 3. The Morgan fingerprint density at radius 3 is 2.22 bits per heavy atom. The number of hydrogen-bond acceptors (Lipinski definition) is 3. The second-order valence-corrected chi connectivity index (χ2v) is 4.56. The minimum atomic E-state index is -4.41. The van der Waals surface area contributed by atoms with Gasteiger partial charge >= 0.3 is 6.18 Å². The maximum atomic E-state index is 12.3. The highest BCUT2D eigenvalue weighted by molar-refractivity contribution is 5.84. The molecule has 0 bridgehead atoms. The molecule has 0 spiro atoms. The van der Waals surface area contributed by atoms with Crippen molar-refractivity contribution in [3.05, 3.63) is 0 Å². The van der Waals surface area contributed by atoms with Crippen molar-refractivity contribution in [2.45, 2.75) is 58.0 Å². The SMILES string of the molecule is CCNC(C)(CC(C)OC(C)C(F)(F)F)C(N)=O. The topological polar surface area (TPSA) is 64.3 Å². The molecule has 0 aliphatic rings. The number of amides is 1. The Bertz CT molecular complexity index is 284. The highest BCUT2D eigenvalue weighted by Gasteiger charge is 2.39. The summed E-state index contributed by atoms with van der Waals surface area (Å²) in [7, 11) is 0. The molecule has 0 aliphatic heterocycles. The van der Waals surface area contributed by atoms with Crippen molar-refractivity contribution in [3.63, 3.8) is 0 Å². The van der Waals surface area contributed by atoms with Crippen LogP contribution >= 0.6 is 0 Å². The molecule has 3 unspecified atom stereocenters. The number of primary amides is 1. The lowest BCUT2D eigenvalue weighted by molar-refractivity contribution is -0.226. The van der Waals surface area contributed by atoms with E-state index >= 15 is 0 Å². The van der Waals surface area contributed by atoms with E-state index in [1.807, 2.05) is 0 Å². The summed E-state index contributed by atoms with van der Waals surface area (Å²) in [5, 5.41) is 2.87. The lowest BCUT2D eigenvalue weighted by atomic mass is 9.94. The van der Waals surface area contributed by atoms with Gasteiger partial charge in [0.15, 0.2) is 6.10 Å². The van der Waals surface area contributed by atoms with Gasteiger partial charge < -0.3 is 15.8 Å². The van der Waals surface area contributed by atoms with Crippen LogP contribution in [0.25, 0.3) is 0 Å². The first-order chi connectivity index (χ1) is 8.03. The Morgan fingerprint density at radius 2 is 1.89 bits per heavy atom. The van der Waals surface area contributed by atoms with Gasteiger partial charge in [-0.3, -0.25) is 4.79 Å². The quantitative estimate of drug-likeness (QED) is 0.738. The monoisotopic (exact) mass is 270 g/mol. The molecule has 18 heavy (non-hydrogen) atoms. The van der Waals surface area contributed by atoms with Crippen molar-refractivity contribution in [2.75, 3.05) is 6.54 Å². The predicted octanol–water partition coefficient (Wildman–Crippen LogP) is 1.59. The van der Waals surface area contributed by atoms with Crippen molar-refractivity contribution in [1.82, 2.24) is 5.32 Å². The lowest BCUT2D eigenvalue weighted by Gasteiger charge is -2.31. The van der Waals surface area contributed by atoms with Crippen LogP contribution < -0.4 is 11.1 Å². The molecular formula is C11H21F3N2O2. The summed E-state index contributed by atoms with van der Waals surface area (Å²) in [6.07, 6.45) is -6.93. The van der Waals surface area contributed by atoms with Crippen LogP contribution in [-0.2, 0) is 9.53 Å². The summed E-state index contributed by atoms with van der Waals surface area (Å²) in [4.78, 5) is 11.3. The van der Waals surface area contributed by atoms with Gasteiger partial charge in [0.25, 0.3) is 0 Å². The Balaban J connectivity index is 4.53. The van der Waals surface area contributed by atoms with E-state index in [9.17, 15) is 18.0 Å². The van der Waals surface area contributed by atoms with Gasteiger partial charge in [0.1, 0.15) is 0 Å². The molecule has 3 atom stereocenters. The number of carbonyl (C=O) groups excluding carboxylic acids is 1. The first-order valence-electron chi connectivity index (χ1n) is 5.80. The van der Waals surface area contributed by atoms with Gasteiger partial charge in [0.2, 0.25) is 5.91 Å². The number of nitrogens with two attached hydrogens (primary N) is 1. The van der Waals surface area contributed by atoms with Crippen LogP contribution in [0, 0.1) is 0 Å². The molecule has 0 aliphatic carbocycles. The van der Waals surface area contributed by atoms with Crippen molar-refractivity contribution >= 4 is 5.91 Å². The van der Waals surface area contributed by atoms with Gasteiger partial charge in [-0.25, -0.2) is 0 Å². The van der Waals surface area contributed by atoms with Crippen LogP contribution in [0.5, 0.6) is 0 Å². The van der Waals surface area contributed by atoms with E-state index in [4.69, 9.17) is 10.5 Å². The first kappa shape index (κ1) is 17.2. The number of hydrogen-bond donors (Lipinski definition) is 2. The minimum absolute atomic E-state index is 0.0800. The maximum absolute atomic E-state index is 12.3. The van der Waals surface area contributed by atoms with Crippen molar-refractivity contribution in [3.8, 4) is 0 Å². The van der Waals surface area contributed by atoms with E-state index in [1.165, 1.54) is 6.92 Å². The summed E-state index contributed by atoms with van der Waals surface area (Å²) < 4.78 is 41.8. The van der Waals surface area contributed by atoms with E-state index < -0.39 is 29.8 Å². The van der Waals surface area contributed by atoms with Crippen LogP contribution in [-0.4, -0.2) is 36.4 Å². The second-order valence-electron chi connectivity index (χ2n) is 4.56. The Labute approximate surface area is 105 Å². The molecule has 0 aromatic heterocycles. The van der Waals surface area contributed by atoms with E-state index in [-0.39, 0.29) is 6.42 Å². The van der Waals surface area contributed by atoms with Crippen LogP contribution in [0.15, 0.2) is 0 Å². The molecule has 0 rings (SSSR count). The minimum Gasteiger partial charge on any atom is -0.368 e. The summed E-state index contributed by atoms with van der Waals surface area (Å²) in [6.45, 7) is 6.25. The van der Waals surface area contributed by atoms with Gasteiger partial charge in [-0.15, -0.1) is 0 Å². The van der Waals surface area contributed by atoms with Crippen LogP contribution in [0.4, 0.5) is 13.2 Å². The molecule has 3 N–H and O–H groups in total. The lowest BCUT2D eigenvalue weighted by Crippen LogP contribution is -2.55. The first-order valence-corrected chi connectivity index (χ1v) is 5.80. The molecule has 0 aromatic carbocycles. The molecule has 0 radical (unpaired) electrons. The molecule has 1 amide bonds. The summed E-state index contributed by atoms with van der Waals surface area (Å²) in [5.74, 6) is -0.612. The highest BCUT2D eigenvalue weighted by Crippen LogP contribution is 2.25. The smallest absolute Gasteiger partial charge is 0.368 e. The summed E-state index contributed by atoms with van der Waals surface area (Å²) in [6, 6.07) is 0. The van der Waals surface area contributed by atoms with E-state index in [1.54, 1.807) is 13.8 Å².